The molecule has 0 spiro atoms. The van der Waals surface area contributed by atoms with E-state index in [9.17, 15) is 4.79 Å². The van der Waals surface area contributed by atoms with Gasteiger partial charge < -0.3 is 10.5 Å². The lowest BCUT2D eigenvalue weighted by atomic mass is 9.68. The Balaban J connectivity index is 2.30. The van der Waals surface area contributed by atoms with E-state index in [1.54, 1.807) is 51.1 Å². The van der Waals surface area contributed by atoms with Gasteiger partial charge in [0.2, 0.25) is 0 Å². The van der Waals surface area contributed by atoms with E-state index >= 15 is 4.39 Å². The van der Waals surface area contributed by atoms with Crippen molar-refractivity contribution in [3.05, 3.63) is 68.4 Å². The molecule has 3 rings (SSSR count). The van der Waals surface area contributed by atoms with Crippen molar-refractivity contribution < 1.29 is 13.9 Å². The Morgan fingerprint density at radius 2 is 1.74 bits per heavy atom. The lowest BCUT2D eigenvalue weighted by Gasteiger charge is -2.40. The van der Waals surface area contributed by atoms with Crippen LogP contribution < -0.4 is 11.1 Å². The third-order valence-corrected chi connectivity index (χ3v) is 6.84. The summed E-state index contributed by atoms with van der Waals surface area (Å²) in [6.45, 7) is 11.6. The van der Waals surface area contributed by atoms with E-state index in [0.717, 1.165) is 0 Å². The van der Waals surface area contributed by atoms with E-state index in [1.807, 2.05) is 0 Å². The molecule has 0 radical (unpaired) electrons. The predicted octanol–water partition coefficient (Wildman–Crippen LogP) is 6.84. The number of benzene rings is 2. The van der Waals surface area contributed by atoms with Crippen LogP contribution in [0.3, 0.4) is 0 Å². The van der Waals surface area contributed by atoms with E-state index in [-0.39, 0.29) is 16.0 Å². The number of halogens is 4. The van der Waals surface area contributed by atoms with Gasteiger partial charge in [0.25, 0.3) is 0 Å². The summed E-state index contributed by atoms with van der Waals surface area (Å²) < 4.78 is 21.2. The van der Waals surface area contributed by atoms with Gasteiger partial charge in [-0.2, -0.15) is 0 Å². The fourth-order valence-electron chi connectivity index (χ4n) is 4.75. The van der Waals surface area contributed by atoms with Gasteiger partial charge in [-0.1, -0.05) is 73.8 Å². The Morgan fingerprint density at radius 1 is 1.09 bits per heavy atom. The number of ether oxygens (including phenoxy) is 1. The van der Waals surface area contributed by atoms with Crippen molar-refractivity contribution in [1.82, 2.24) is 5.32 Å². The zero-order valence-corrected chi connectivity index (χ0v) is 22.6. The maximum Gasteiger partial charge on any atom is 0.324 e. The lowest BCUT2D eigenvalue weighted by Crippen LogP contribution is -2.52. The van der Waals surface area contributed by atoms with Gasteiger partial charge in [-0.3, -0.25) is 10.1 Å². The number of carbonyl (C=O) groups is 1. The summed E-state index contributed by atoms with van der Waals surface area (Å²) in [4.78, 5) is 13.5. The molecular weight excluding hydrogens is 498 g/mol. The zero-order chi connectivity index (χ0) is 25.6. The van der Waals surface area contributed by atoms with Crippen LogP contribution in [-0.2, 0) is 15.1 Å². The number of hydrogen-bond donors (Lipinski definition) is 2. The molecule has 3 N–H and O–H groups in total. The summed E-state index contributed by atoms with van der Waals surface area (Å²) in [7, 11) is 0. The standard InChI is InChI=1S/C26H32Cl3FN2O2/c1-24(2,3)13-19-26(31,16-11-10-14(27)12-18(16)29)20(15-8-7-9-17(28)21(15)30)22(32-19)23(33)34-25(4,5)6/h7-12,19-20,22,32H,13,31H2,1-6H3/t19-,20-,22+,26+/m0/s1. The molecule has 0 amide bonds. The molecule has 4 atom stereocenters. The molecule has 0 aromatic heterocycles. The molecule has 186 valence electrons. The number of nitrogens with two attached hydrogens (primary N) is 1. The van der Waals surface area contributed by atoms with Gasteiger partial charge in [-0.25, -0.2) is 4.39 Å². The highest BCUT2D eigenvalue weighted by atomic mass is 35.5. The van der Waals surface area contributed by atoms with Crippen LogP contribution in [0.5, 0.6) is 0 Å². The van der Waals surface area contributed by atoms with Crippen molar-refractivity contribution in [2.75, 3.05) is 0 Å². The minimum Gasteiger partial charge on any atom is -0.459 e. The summed E-state index contributed by atoms with van der Waals surface area (Å²) in [5.74, 6) is -2.00. The Hall–Kier alpha value is -1.37. The number of esters is 1. The monoisotopic (exact) mass is 528 g/mol. The van der Waals surface area contributed by atoms with Gasteiger partial charge in [0, 0.05) is 22.0 Å². The van der Waals surface area contributed by atoms with Gasteiger partial charge >= 0.3 is 5.97 Å². The SMILES string of the molecule is CC(C)(C)C[C@@H]1N[C@@H](C(=O)OC(C)(C)C)[C@H](c2cccc(Cl)c2F)[C@@]1(N)c1ccc(Cl)cc1Cl. The van der Waals surface area contributed by atoms with Crippen molar-refractivity contribution in [3.63, 3.8) is 0 Å². The maximum absolute atomic E-state index is 15.5. The fourth-order valence-corrected chi connectivity index (χ4v) is 5.50. The van der Waals surface area contributed by atoms with Crippen molar-refractivity contribution in [3.8, 4) is 0 Å². The quantitative estimate of drug-likeness (QED) is 0.426. The van der Waals surface area contributed by atoms with Crippen molar-refractivity contribution in [1.29, 1.82) is 0 Å². The predicted molar refractivity (Wildman–Crippen MR) is 137 cm³/mol. The Bertz CT molecular complexity index is 1080. The summed E-state index contributed by atoms with van der Waals surface area (Å²) in [6, 6.07) is 8.39. The summed E-state index contributed by atoms with van der Waals surface area (Å²) in [5, 5.41) is 4.13. The second-order valence-electron chi connectivity index (χ2n) is 11.2. The molecule has 2 aromatic rings. The van der Waals surface area contributed by atoms with Crippen molar-refractivity contribution >= 4 is 40.8 Å². The van der Waals surface area contributed by atoms with Crippen LogP contribution in [0, 0.1) is 11.2 Å². The highest BCUT2D eigenvalue weighted by Gasteiger charge is 2.59. The first-order valence-electron chi connectivity index (χ1n) is 11.2. The van der Waals surface area contributed by atoms with Crippen LogP contribution in [0.2, 0.25) is 15.1 Å². The number of nitrogens with one attached hydrogen (secondary N) is 1. The molecule has 1 aliphatic rings. The van der Waals surface area contributed by atoms with Gasteiger partial charge in [0.15, 0.2) is 0 Å². The molecule has 1 heterocycles. The van der Waals surface area contributed by atoms with E-state index in [4.69, 9.17) is 45.3 Å². The van der Waals surface area contributed by atoms with E-state index in [2.05, 4.69) is 26.1 Å². The molecular formula is C26H32Cl3FN2O2. The lowest BCUT2D eigenvalue weighted by molar-refractivity contribution is -0.157. The zero-order valence-electron chi connectivity index (χ0n) is 20.3. The fraction of sp³-hybridized carbons (Fsp3) is 0.500. The molecule has 4 nitrogen and oxygen atoms in total. The topological polar surface area (TPSA) is 64.3 Å². The molecule has 0 aliphatic carbocycles. The van der Waals surface area contributed by atoms with Crippen LogP contribution >= 0.6 is 34.8 Å². The highest BCUT2D eigenvalue weighted by Crippen LogP contribution is 2.51. The number of hydrogen-bond acceptors (Lipinski definition) is 4. The first kappa shape index (κ1) is 27.2. The molecule has 34 heavy (non-hydrogen) atoms. The minimum atomic E-state index is -1.28. The molecule has 1 fully saturated rings. The van der Waals surface area contributed by atoms with Gasteiger partial charge in [0.05, 0.1) is 10.6 Å². The first-order valence-corrected chi connectivity index (χ1v) is 12.4. The van der Waals surface area contributed by atoms with Crippen LogP contribution in [0.1, 0.15) is 65.0 Å². The normalized spacial score (nSPS) is 25.4. The van der Waals surface area contributed by atoms with Crippen LogP contribution in [-0.4, -0.2) is 23.7 Å². The second kappa shape index (κ2) is 9.59. The average molecular weight is 530 g/mol. The third-order valence-electron chi connectivity index (χ3n) is 6.00. The van der Waals surface area contributed by atoms with Crippen LogP contribution in [0.25, 0.3) is 0 Å². The Morgan fingerprint density at radius 3 is 2.29 bits per heavy atom. The van der Waals surface area contributed by atoms with Gasteiger partial charge in [0.1, 0.15) is 17.5 Å². The van der Waals surface area contributed by atoms with Gasteiger partial charge in [-0.05, 0) is 61.9 Å². The van der Waals surface area contributed by atoms with E-state index < -0.39 is 40.9 Å². The molecule has 0 unspecified atom stereocenters. The Labute approximate surface area is 216 Å². The van der Waals surface area contributed by atoms with Crippen LogP contribution in [0.15, 0.2) is 36.4 Å². The van der Waals surface area contributed by atoms with Crippen molar-refractivity contribution in [2.24, 2.45) is 11.1 Å². The summed E-state index contributed by atoms with van der Waals surface area (Å²) >= 11 is 19.0. The molecule has 0 saturated carbocycles. The van der Waals surface area contributed by atoms with E-state index in [0.29, 0.717) is 22.0 Å². The third kappa shape index (κ3) is 5.55. The second-order valence-corrected chi connectivity index (χ2v) is 12.4. The smallest absolute Gasteiger partial charge is 0.324 e. The van der Waals surface area contributed by atoms with Crippen LogP contribution in [0.4, 0.5) is 4.39 Å². The molecule has 0 bridgehead atoms. The Kier molecular flexibility index (Phi) is 7.68. The first-order chi connectivity index (χ1) is 15.5. The molecule has 1 saturated heterocycles. The molecule has 2 aromatic carbocycles. The number of rotatable bonds is 4. The van der Waals surface area contributed by atoms with Crippen molar-refractivity contribution in [2.45, 2.75) is 77.1 Å². The van der Waals surface area contributed by atoms with Gasteiger partial charge in [-0.15, -0.1) is 0 Å². The molecule has 8 heteroatoms. The largest absolute Gasteiger partial charge is 0.459 e. The number of carbonyl (C=O) groups excluding carboxylic acids is 1. The maximum atomic E-state index is 15.5. The average Bonchev–Trinajstić information content (AvgIpc) is 2.94. The highest BCUT2D eigenvalue weighted by molar-refractivity contribution is 6.35. The summed E-state index contributed by atoms with van der Waals surface area (Å²) in [5.41, 5.74) is 5.87. The molecule has 1 aliphatic heterocycles. The minimum absolute atomic E-state index is 0.0516. The van der Waals surface area contributed by atoms with E-state index in [1.165, 1.54) is 6.07 Å². The summed E-state index contributed by atoms with van der Waals surface area (Å²) in [6.07, 6.45) is 0.584.